The molecule has 0 aromatic heterocycles. The maximum atomic E-state index is 12.8. The summed E-state index contributed by atoms with van der Waals surface area (Å²) in [5, 5.41) is 0.689. The summed E-state index contributed by atoms with van der Waals surface area (Å²) >= 11 is 6.18. The Hall–Kier alpha value is -2.52. The molecule has 0 saturated carbocycles. The van der Waals surface area contributed by atoms with Gasteiger partial charge in [0.15, 0.2) is 0 Å². The molecular weight excluding hydrogens is 369 g/mol. The summed E-state index contributed by atoms with van der Waals surface area (Å²) < 4.78 is 38.5. The van der Waals surface area contributed by atoms with Crippen LogP contribution in [0.25, 0.3) is 11.6 Å². The number of hydrogen-bond acceptors (Lipinski definition) is 0. The molecule has 0 N–H and O–H groups in total. The fourth-order valence-electron chi connectivity index (χ4n) is 3.54. The van der Waals surface area contributed by atoms with Crippen LogP contribution in [0.1, 0.15) is 33.4 Å². The molecule has 1 aliphatic rings. The van der Waals surface area contributed by atoms with Crippen molar-refractivity contribution >= 4 is 23.3 Å². The molecule has 0 radical (unpaired) electrons. The fourth-order valence-corrected chi connectivity index (χ4v) is 3.73. The van der Waals surface area contributed by atoms with Gasteiger partial charge in [0, 0.05) is 5.02 Å². The first-order valence-electron chi connectivity index (χ1n) is 8.68. The van der Waals surface area contributed by atoms with Crippen molar-refractivity contribution in [2.45, 2.75) is 19.0 Å². The van der Waals surface area contributed by atoms with Crippen LogP contribution in [0.5, 0.6) is 0 Å². The Kier molecular flexibility index (Phi) is 4.56. The molecule has 136 valence electrons. The first-order chi connectivity index (χ1) is 12.9. The maximum absolute atomic E-state index is 12.8. The minimum atomic E-state index is -4.33. The molecule has 0 bridgehead atoms. The van der Waals surface area contributed by atoms with Crippen molar-refractivity contribution in [3.63, 3.8) is 0 Å². The Morgan fingerprint density at radius 2 is 1.44 bits per heavy atom. The van der Waals surface area contributed by atoms with Crippen molar-refractivity contribution < 1.29 is 13.2 Å². The van der Waals surface area contributed by atoms with Crippen LogP contribution in [-0.4, -0.2) is 0 Å². The highest BCUT2D eigenvalue weighted by molar-refractivity contribution is 6.30. The van der Waals surface area contributed by atoms with Gasteiger partial charge in [-0.1, -0.05) is 54.1 Å². The highest BCUT2D eigenvalue weighted by Gasteiger charge is 2.29. The third kappa shape index (κ3) is 3.65. The van der Waals surface area contributed by atoms with Gasteiger partial charge in [-0.15, -0.1) is 0 Å². The predicted octanol–water partition coefficient (Wildman–Crippen LogP) is 7.05. The van der Waals surface area contributed by atoms with E-state index in [-0.39, 0.29) is 0 Å². The van der Waals surface area contributed by atoms with E-state index in [2.05, 4.69) is 12.1 Å². The number of hydrogen-bond donors (Lipinski definition) is 0. The van der Waals surface area contributed by atoms with Gasteiger partial charge in [-0.25, -0.2) is 0 Å². The molecule has 3 aromatic rings. The SMILES string of the molecule is FC(F)(F)c1ccc(/C=C2\c3ccccc3CCc3cc(Cl)ccc32)cc1. The number of alkyl halides is 3. The third-order valence-electron chi connectivity index (χ3n) is 4.88. The van der Waals surface area contributed by atoms with Gasteiger partial charge < -0.3 is 0 Å². The van der Waals surface area contributed by atoms with Crippen LogP contribution in [0.15, 0.2) is 66.7 Å². The number of fused-ring (bicyclic) bond motifs is 2. The zero-order valence-corrected chi connectivity index (χ0v) is 15.1. The van der Waals surface area contributed by atoms with Crippen LogP contribution in [0.2, 0.25) is 5.02 Å². The average molecular weight is 385 g/mol. The molecule has 0 aliphatic heterocycles. The molecule has 3 aromatic carbocycles. The molecule has 0 spiro atoms. The number of aryl methyl sites for hydroxylation is 2. The van der Waals surface area contributed by atoms with Gasteiger partial charge >= 0.3 is 6.18 Å². The molecule has 0 atom stereocenters. The zero-order valence-electron chi connectivity index (χ0n) is 14.4. The summed E-state index contributed by atoms with van der Waals surface area (Å²) in [6.07, 6.45) is -0.605. The predicted molar refractivity (Wildman–Crippen MR) is 104 cm³/mol. The smallest absolute Gasteiger partial charge is 0.166 e. The number of rotatable bonds is 1. The molecule has 0 saturated heterocycles. The number of benzene rings is 3. The molecule has 27 heavy (non-hydrogen) atoms. The summed E-state index contributed by atoms with van der Waals surface area (Å²) in [5.41, 5.74) is 5.66. The minimum Gasteiger partial charge on any atom is -0.166 e. The second-order valence-corrected chi connectivity index (χ2v) is 7.07. The normalized spacial score (nSPS) is 15.2. The van der Waals surface area contributed by atoms with Gasteiger partial charge in [-0.2, -0.15) is 13.2 Å². The van der Waals surface area contributed by atoms with Crippen molar-refractivity contribution in [1.29, 1.82) is 0 Å². The Balaban J connectivity index is 1.87. The van der Waals surface area contributed by atoms with E-state index in [1.54, 1.807) is 0 Å². The van der Waals surface area contributed by atoms with E-state index in [0.29, 0.717) is 5.02 Å². The molecule has 0 unspecified atom stereocenters. The third-order valence-corrected chi connectivity index (χ3v) is 5.11. The first kappa shape index (κ1) is 17.9. The standard InChI is InChI=1S/C23H16ClF3/c24-19-11-12-21-17(14-19)8-7-16-3-1-2-4-20(16)22(21)13-15-5-9-18(10-6-15)23(25,26)27/h1-6,9-14H,7-8H2/b22-13+. The highest BCUT2D eigenvalue weighted by atomic mass is 35.5. The monoisotopic (exact) mass is 384 g/mol. The Morgan fingerprint density at radius 1 is 0.778 bits per heavy atom. The average Bonchev–Trinajstić information content (AvgIpc) is 2.79. The molecule has 0 heterocycles. The Morgan fingerprint density at radius 3 is 2.19 bits per heavy atom. The lowest BCUT2D eigenvalue weighted by Crippen LogP contribution is -2.04. The lowest BCUT2D eigenvalue weighted by Gasteiger charge is -2.13. The molecule has 1 aliphatic carbocycles. The summed E-state index contributed by atoms with van der Waals surface area (Å²) in [4.78, 5) is 0. The van der Waals surface area contributed by atoms with E-state index >= 15 is 0 Å². The molecular formula is C23H16ClF3. The van der Waals surface area contributed by atoms with Crippen molar-refractivity contribution in [2.75, 3.05) is 0 Å². The van der Waals surface area contributed by atoms with Crippen LogP contribution < -0.4 is 0 Å². The van der Waals surface area contributed by atoms with Crippen LogP contribution in [-0.2, 0) is 19.0 Å². The Labute approximate surface area is 160 Å². The largest absolute Gasteiger partial charge is 0.416 e. The topological polar surface area (TPSA) is 0 Å². The van der Waals surface area contributed by atoms with Crippen LogP contribution >= 0.6 is 11.6 Å². The van der Waals surface area contributed by atoms with Crippen molar-refractivity contribution in [2.24, 2.45) is 0 Å². The zero-order chi connectivity index (χ0) is 19.0. The summed E-state index contributed by atoms with van der Waals surface area (Å²) in [6, 6.07) is 19.3. The van der Waals surface area contributed by atoms with E-state index in [1.807, 2.05) is 36.4 Å². The summed E-state index contributed by atoms with van der Waals surface area (Å²) in [7, 11) is 0. The van der Waals surface area contributed by atoms with Crippen LogP contribution in [0.4, 0.5) is 13.2 Å². The fraction of sp³-hybridized carbons (Fsp3) is 0.130. The quantitative estimate of drug-likeness (QED) is 0.422. The maximum Gasteiger partial charge on any atom is 0.416 e. The van der Waals surface area contributed by atoms with Crippen LogP contribution in [0, 0.1) is 0 Å². The van der Waals surface area contributed by atoms with Gasteiger partial charge in [-0.05, 0) is 76.6 Å². The minimum absolute atomic E-state index is 0.641. The lowest BCUT2D eigenvalue weighted by molar-refractivity contribution is -0.137. The van der Waals surface area contributed by atoms with Gasteiger partial charge in [-0.3, -0.25) is 0 Å². The highest BCUT2D eigenvalue weighted by Crippen LogP contribution is 2.36. The van der Waals surface area contributed by atoms with Crippen LogP contribution in [0.3, 0.4) is 0 Å². The van der Waals surface area contributed by atoms with E-state index in [0.717, 1.165) is 52.8 Å². The molecule has 4 heteroatoms. The molecule has 4 rings (SSSR count). The lowest BCUT2D eigenvalue weighted by atomic mass is 9.92. The second-order valence-electron chi connectivity index (χ2n) is 6.64. The summed E-state index contributed by atoms with van der Waals surface area (Å²) in [6.45, 7) is 0. The van der Waals surface area contributed by atoms with Gasteiger partial charge in [0.05, 0.1) is 5.56 Å². The van der Waals surface area contributed by atoms with E-state index < -0.39 is 11.7 Å². The molecule has 0 nitrogen and oxygen atoms in total. The number of halogens is 4. The van der Waals surface area contributed by atoms with E-state index in [1.165, 1.54) is 17.7 Å². The molecule has 0 fully saturated rings. The van der Waals surface area contributed by atoms with Crippen molar-refractivity contribution in [1.82, 2.24) is 0 Å². The van der Waals surface area contributed by atoms with Gasteiger partial charge in [0.25, 0.3) is 0 Å². The second kappa shape index (κ2) is 6.90. The van der Waals surface area contributed by atoms with Gasteiger partial charge in [0.2, 0.25) is 0 Å². The van der Waals surface area contributed by atoms with Gasteiger partial charge in [0.1, 0.15) is 0 Å². The van der Waals surface area contributed by atoms with E-state index in [4.69, 9.17) is 11.6 Å². The van der Waals surface area contributed by atoms with E-state index in [9.17, 15) is 13.2 Å². The summed E-state index contributed by atoms with van der Waals surface area (Å²) in [5.74, 6) is 0. The van der Waals surface area contributed by atoms with Crippen molar-refractivity contribution in [3.05, 3.63) is 105 Å². The molecule has 0 amide bonds. The first-order valence-corrected chi connectivity index (χ1v) is 9.06. The Bertz CT molecular complexity index is 1010. The van der Waals surface area contributed by atoms with Crippen molar-refractivity contribution in [3.8, 4) is 0 Å².